The molecule has 0 spiro atoms. The zero-order valence-electron chi connectivity index (χ0n) is 15.2. The third kappa shape index (κ3) is 4.03. The minimum absolute atomic E-state index is 0.237. The van der Waals surface area contributed by atoms with Crippen LogP contribution in [0.5, 0.6) is 5.75 Å². The first-order chi connectivity index (χ1) is 13.2. The van der Waals surface area contributed by atoms with E-state index in [4.69, 9.17) is 0 Å². The molecule has 0 saturated heterocycles. The summed E-state index contributed by atoms with van der Waals surface area (Å²) < 4.78 is 13.5. The molecule has 138 valence electrons. The van der Waals surface area contributed by atoms with Crippen molar-refractivity contribution < 1.29 is 9.50 Å². The van der Waals surface area contributed by atoms with E-state index >= 15 is 0 Å². The van der Waals surface area contributed by atoms with Gasteiger partial charge in [-0.05, 0) is 72.5 Å². The van der Waals surface area contributed by atoms with Crippen LogP contribution >= 0.6 is 0 Å². The highest BCUT2D eigenvalue weighted by Gasteiger charge is 2.29. The minimum atomic E-state index is -0.527. The molecular weight excluding hydrogens is 355 g/mol. The van der Waals surface area contributed by atoms with E-state index in [0.29, 0.717) is 10.8 Å². The van der Waals surface area contributed by atoms with E-state index in [0.717, 1.165) is 15.9 Å². The topological polar surface area (TPSA) is 23.1 Å². The fourth-order valence-electron chi connectivity index (χ4n) is 3.91. The second-order valence-electron chi connectivity index (χ2n) is 7.11. The van der Waals surface area contributed by atoms with E-state index in [9.17, 15) is 9.50 Å². The number of benzene rings is 3. The molecule has 0 heterocycles. The summed E-state index contributed by atoms with van der Waals surface area (Å²) in [6.07, 6.45) is 6.52. The lowest BCUT2D eigenvalue weighted by molar-refractivity contribution is -0.272. The van der Waals surface area contributed by atoms with Crippen LogP contribution in [0.25, 0.3) is 0 Å². The molecule has 27 heavy (non-hydrogen) atoms. The molecule has 1 aliphatic rings. The molecule has 0 radical (unpaired) electrons. The maximum absolute atomic E-state index is 13.5. The molecule has 3 heteroatoms. The summed E-state index contributed by atoms with van der Waals surface area (Å²) in [5, 5.41) is 12.5. The summed E-state index contributed by atoms with van der Waals surface area (Å²) >= 11 is 0. The van der Waals surface area contributed by atoms with E-state index in [-0.39, 0.29) is 5.75 Å². The van der Waals surface area contributed by atoms with Gasteiger partial charge < -0.3 is 5.11 Å². The smallest absolute Gasteiger partial charge is 0.166 e. The van der Waals surface area contributed by atoms with Crippen LogP contribution in [0.2, 0.25) is 0 Å². The van der Waals surface area contributed by atoms with Crippen molar-refractivity contribution >= 4 is 10.9 Å². The van der Waals surface area contributed by atoms with E-state index in [1.807, 2.05) is 30.3 Å². The third-order valence-corrected chi connectivity index (χ3v) is 7.56. The van der Waals surface area contributed by atoms with Crippen molar-refractivity contribution in [3.05, 3.63) is 84.2 Å². The standard InChI is InChI=1S/C24H23FOS/c25-20-13-16-24(23(26)17-20)27(21-9-5-2-6-10-21)22-14-11-19(12-15-22)18-7-3-1-4-8-18/h2,5-6,9-18H,1,3-4,7-8H2. The van der Waals surface area contributed by atoms with Gasteiger partial charge in [-0.2, -0.15) is 0 Å². The average Bonchev–Trinajstić information content (AvgIpc) is 2.72. The SMILES string of the molecule is [O-]c1cc(F)ccc1[S+](c1ccccc1)c1ccc(C2CCCCC2)cc1. The fraction of sp³-hybridized carbons (Fsp3) is 0.250. The van der Waals surface area contributed by atoms with Crippen LogP contribution in [-0.2, 0) is 10.9 Å². The van der Waals surface area contributed by atoms with Gasteiger partial charge >= 0.3 is 0 Å². The second kappa shape index (κ2) is 8.18. The second-order valence-corrected chi connectivity index (χ2v) is 9.11. The summed E-state index contributed by atoms with van der Waals surface area (Å²) in [4.78, 5) is 2.82. The maximum Gasteiger partial charge on any atom is 0.166 e. The predicted molar refractivity (Wildman–Crippen MR) is 107 cm³/mol. The molecule has 3 aromatic carbocycles. The Morgan fingerprint density at radius 1 is 0.778 bits per heavy atom. The van der Waals surface area contributed by atoms with Gasteiger partial charge in [0, 0.05) is 0 Å². The molecule has 1 atom stereocenters. The van der Waals surface area contributed by atoms with Gasteiger partial charge in [0.1, 0.15) is 5.82 Å². The van der Waals surface area contributed by atoms with Crippen molar-refractivity contribution in [2.24, 2.45) is 0 Å². The van der Waals surface area contributed by atoms with E-state index in [1.165, 1.54) is 43.7 Å². The van der Waals surface area contributed by atoms with Crippen LogP contribution in [0.1, 0.15) is 43.6 Å². The molecule has 3 aromatic rings. The van der Waals surface area contributed by atoms with Crippen LogP contribution in [0.3, 0.4) is 0 Å². The molecule has 0 bridgehead atoms. The monoisotopic (exact) mass is 378 g/mol. The molecule has 1 saturated carbocycles. The summed E-state index contributed by atoms with van der Waals surface area (Å²) in [5.74, 6) is -0.0567. The largest absolute Gasteiger partial charge is 0.869 e. The molecular formula is C24H23FOS. The van der Waals surface area contributed by atoms with E-state index in [1.54, 1.807) is 6.07 Å². The van der Waals surface area contributed by atoms with Gasteiger partial charge in [0.15, 0.2) is 14.7 Å². The number of hydrogen-bond donors (Lipinski definition) is 0. The molecule has 1 fully saturated rings. The molecule has 0 aliphatic heterocycles. The molecule has 0 N–H and O–H groups in total. The Hall–Kier alpha value is -2.26. The summed E-state index contributed by atoms with van der Waals surface area (Å²) in [6, 6.07) is 22.9. The predicted octanol–water partition coefficient (Wildman–Crippen LogP) is 6.04. The van der Waals surface area contributed by atoms with Gasteiger partial charge in [0.05, 0.1) is 10.9 Å². The van der Waals surface area contributed by atoms with Crippen molar-refractivity contribution in [2.75, 3.05) is 0 Å². The number of rotatable bonds is 4. The first kappa shape index (κ1) is 18.1. The van der Waals surface area contributed by atoms with Crippen molar-refractivity contribution in [1.82, 2.24) is 0 Å². The van der Waals surface area contributed by atoms with Gasteiger partial charge in [-0.3, -0.25) is 0 Å². The Balaban J connectivity index is 1.72. The molecule has 0 aromatic heterocycles. The summed E-state index contributed by atoms with van der Waals surface area (Å²) in [7, 11) is -0.527. The van der Waals surface area contributed by atoms with E-state index < -0.39 is 16.7 Å². The van der Waals surface area contributed by atoms with Crippen molar-refractivity contribution in [1.29, 1.82) is 0 Å². The zero-order chi connectivity index (χ0) is 18.6. The van der Waals surface area contributed by atoms with Crippen LogP contribution < -0.4 is 5.11 Å². The molecule has 1 nitrogen and oxygen atoms in total. The first-order valence-electron chi connectivity index (χ1n) is 9.58. The highest BCUT2D eigenvalue weighted by atomic mass is 32.2. The van der Waals surface area contributed by atoms with Crippen LogP contribution in [0.4, 0.5) is 4.39 Å². The molecule has 0 amide bonds. The van der Waals surface area contributed by atoms with Gasteiger partial charge in [0.25, 0.3) is 0 Å². The summed E-state index contributed by atoms with van der Waals surface area (Å²) in [6.45, 7) is 0. The number of halogens is 1. The van der Waals surface area contributed by atoms with Crippen molar-refractivity contribution in [3.63, 3.8) is 0 Å². The van der Waals surface area contributed by atoms with Crippen LogP contribution in [-0.4, -0.2) is 0 Å². The fourth-order valence-corrected chi connectivity index (χ4v) is 5.99. The lowest BCUT2D eigenvalue weighted by Gasteiger charge is -2.22. The summed E-state index contributed by atoms with van der Waals surface area (Å²) in [5.41, 5.74) is 1.40. The Morgan fingerprint density at radius 2 is 1.44 bits per heavy atom. The normalized spacial score (nSPS) is 16.2. The lowest BCUT2D eigenvalue weighted by atomic mass is 9.84. The first-order valence-corrected chi connectivity index (χ1v) is 10.8. The lowest BCUT2D eigenvalue weighted by Crippen LogP contribution is -2.09. The highest BCUT2D eigenvalue weighted by Crippen LogP contribution is 2.37. The molecule has 1 aliphatic carbocycles. The number of hydrogen-bond acceptors (Lipinski definition) is 1. The average molecular weight is 379 g/mol. The molecule has 4 rings (SSSR count). The van der Waals surface area contributed by atoms with Gasteiger partial charge in [-0.1, -0.05) is 49.6 Å². The van der Waals surface area contributed by atoms with Crippen LogP contribution in [0, 0.1) is 5.82 Å². The Labute approximate surface area is 163 Å². The minimum Gasteiger partial charge on any atom is -0.869 e. The zero-order valence-corrected chi connectivity index (χ0v) is 16.1. The third-order valence-electron chi connectivity index (χ3n) is 5.30. The van der Waals surface area contributed by atoms with Gasteiger partial charge in [-0.15, -0.1) is 0 Å². The van der Waals surface area contributed by atoms with E-state index in [2.05, 4.69) is 24.3 Å². The van der Waals surface area contributed by atoms with Gasteiger partial charge in [-0.25, -0.2) is 4.39 Å². The van der Waals surface area contributed by atoms with Gasteiger partial charge in [0.2, 0.25) is 0 Å². The molecule has 1 unspecified atom stereocenters. The Kier molecular flexibility index (Phi) is 5.49. The Bertz CT molecular complexity index is 886. The van der Waals surface area contributed by atoms with Crippen molar-refractivity contribution in [2.45, 2.75) is 52.7 Å². The maximum atomic E-state index is 13.5. The van der Waals surface area contributed by atoms with Crippen LogP contribution in [0.15, 0.2) is 87.5 Å². The highest BCUT2D eigenvalue weighted by molar-refractivity contribution is 7.97. The Morgan fingerprint density at radius 3 is 2.11 bits per heavy atom. The van der Waals surface area contributed by atoms with Crippen molar-refractivity contribution in [3.8, 4) is 5.75 Å². The quantitative estimate of drug-likeness (QED) is 0.507.